The van der Waals surface area contributed by atoms with Crippen LogP contribution in [0.2, 0.25) is 0 Å². The number of fused-ring (bicyclic) bond motifs is 8. The van der Waals surface area contributed by atoms with Crippen molar-refractivity contribution in [1.82, 2.24) is 4.98 Å². The fraction of sp³-hybridized carbons (Fsp3) is 0. The average Bonchev–Trinajstić information content (AvgIpc) is 3.64. The Morgan fingerprint density at radius 1 is 0.512 bits per heavy atom. The summed E-state index contributed by atoms with van der Waals surface area (Å²) in [4.78, 5) is 6.74. The molecule has 0 saturated carbocycles. The molecular formula is C39H24N2OS. The molecular weight excluding hydrogens is 545 g/mol. The number of para-hydroxylation sites is 1. The number of rotatable bonds is 4. The van der Waals surface area contributed by atoms with Crippen LogP contribution in [-0.4, -0.2) is 4.98 Å². The third-order valence-corrected chi connectivity index (χ3v) is 9.57. The fourth-order valence-electron chi connectivity index (χ4n) is 6.26. The molecule has 0 atom stereocenters. The van der Waals surface area contributed by atoms with E-state index in [1.807, 2.05) is 35.9 Å². The number of furan rings is 1. The number of hydrogen-bond donors (Lipinski definition) is 0. The summed E-state index contributed by atoms with van der Waals surface area (Å²) < 4.78 is 8.86. The first-order valence-corrected chi connectivity index (χ1v) is 15.2. The van der Waals surface area contributed by atoms with Gasteiger partial charge in [-0.15, -0.1) is 11.3 Å². The van der Waals surface area contributed by atoms with E-state index in [0.717, 1.165) is 39.0 Å². The van der Waals surface area contributed by atoms with E-state index in [9.17, 15) is 0 Å². The first-order valence-electron chi connectivity index (χ1n) is 14.4. The van der Waals surface area contributed by atoms with Crippen molar-refractivity contribution in [1.29, 1.82) is 0 Å². The lowest BCUT2D eigenvalue weighted by molar-refractivity contribution is 0.669. The minimum atomic E-state index is 0.880. The van der Waals surface area contributed by atoms with Gasteiger partial charge < -0.3 is 9.32 Å². The maximum atomic E-state index is 6.32. The van der Waals surface area contributed by atoms with Gasteiger partial charge in [0, 0.05) is 71.9 Å². The van der Waals surface area contributed by atoms with Crippen LogP contribution < -0.4 is 4.90 Å². The van der Waals surface area contributed by atoms with Crippen molar-refractivity contribution in [3.8, 4) is 11.1 Å². The van der Waals surface area contributed by atoms with E-state index in [0.29, 0.717) is 0 Å². The number of pyridine rings is 1. The molecule has 0 N–H and O–H groups in total. The Morgan fingerprint density at radius 2 is 1.23 bits per heavy atom. The summed E-state index contributed by atoms with van der Waals surface area (Å²) in [7, 11) is 0. The van der Waals surface area contributed by atoms with E-state index in [2.05, 4.69) is 131 Å². The van der Waals surface area contributed by atoms with E-state index in [-0.39, 0.29) is 0 Å². The van der Waals surface area contributed by atoms with Crippen molar-refractivity contribution in [3.05, 3.63) is 146 Å². The molecule has 3 nitrogen and oxygen atoms in total. The highest BCUT2D eigenvalue weighted by molar-refractivity contribution is 7.26. The lowest BCUT2D eigenvalue weighted by Gasteiger charge is -2.26. The molecule has 9 aromatic rings. The smallest absolute Gasteiger partial charge is 0.137 e. The molecule has 9 rings (SSSR count). The van der Waals surface area contributed by atoms with Gasteiger partial charge in [-0.1, -0.05) is 72.8 Å². The Bertz CT molecular complexity index is 2460. The Hall–Kier alpha value is -5.45. The SMILES string of the molecule is c1ccc(-c2ccc(N(c3ccc4c(c3)oc3ccccc34)c3ccc4sc5c6cnccc6ccc5c4c3)cc2)cc1. The van der Waals surface area contributed by atoms with Crippen molar-refractivity contribution >= 4 is 81.3 Å². The quantitative estimate of drug-likeness (QED) is 0.211. The van der Waals surface area contributed by atoms with E-state index in [4.69, 9.17) is 4.42 Å². The first-order chi connectivity index (χ1) is 21.3. The molecule has 0 radical (unpaired) electrons. The maximum Gasteiger partial charge on any atom is 0.137 e. The molecule has 0 amide bonds. The number of thiophene rings is 1. The summed E-state index contributed by atoms with van der Waals surface area (Å²) in [5, 5.41) is 7.18. The van der Waals surface area contributed by atoms with Gasteiger partial charge in [-0.05, 0) is 71.1 Å². The van der Waals surface area contributed by atoms with E-state index in [1.165, 1.54) is 42.1 Å². The minimum absolute atomic E-state index is 0.880. The topological polar surface area (TPSA) is 29.3 Å². The molecule has 3 aromatic heterocycles. The van der Waals surface area contributed by atoms with Crippen LogP contribution >= 0.6 is 11.3 Å². The van der Waals surface area contributed by atoms with Crippen LogP contribution in [0.5, 0.6) is 0 Å². The van der Waals surface area contributed by atoms with Crippen molar-refractivity contribution < 1.29 is 4.42 Å². The van der Waals surface area contributed by atoms with Crippen molar-refractivity contribution in [2.24, 2.45) is 0 Å². The highest BCUT2D eigenvalue weighted by atomic mass is 32.1. The Labute approximate surface area is 251 Å². The number of aromatic nitrogens is 1. The van der Waals surface area contributed by atoms with E-state index < -0.39 is 0 Å². The lowest BCUT2D eigenvalue weighted by atomic mass is 10.0. The summed E-state index contributed by atoms with van der Waals surface area (Å²) in [6.07, 6.45) is 3.84. The second-order valence-electron chi connectivity index (χ2n) is 10.8. The van der Waals surface area contributed by atoms with Gasteiger partial charge in [0.2, 0.25) is 0 Å². The molecule has 0 bridgehead atoms. The highest BCUT2D eigenvalue weighted by Gasteiger charge is 2.18. The van der Waals surface area contributed by atoms with Crippen LogP contribution in [-0.2, 0) is 0 Å². The largest absolute Gasteiger partial charge is 0.456 e. The van der Waals surface area contributed by atoms with Crippen LogP contribution in [0.1, 0.15) is 0 Å². The van der Waals surface area contributed by atoms with Crippen LogP contribution in [0.25, 0.3) is 64.0 Å². The molecule has 202 valence electrons. The molecule has 0 saturated heterocycles. The molecule has 0 aliphatic heterocycles. The van der Waals surface area contributed by atoms with Crippen LogP contribution in [0.3, 0.4) is 0 Å². The zero-order valence-electron chi connectivity index (χ0n) is 23.1. The number of anilines is 3. The second kappa shape index (κ2) is 9.55. The normalized spacial score (nSPS) is 11.7. The van der Waals surface area contributed by atoms with Crippen LogP contribution in [0, 0.1) is 0 Å². The molecule has 3 heterocycles. The monoisotopic (exact) mass is 568 g/mol. The van der Waals surface area contributed by atoms with E-state index >= 15 is 0 Å². The standard InChI is InChI=1S/C39H24N2OS/c1-2-6-25(7-3-1)26-10-13-28(14-11-26)41(30-15-18-32-31-8-4-5-9-36(31)42-37(32)23-30)29-16-19-38-34(22-29)33-17-12-27-20-21-40-24-35(27)39(33)43-38/h1-24H. The maximum absolute atomic E-state index is 6.32. The number of hydrogen-bond acceptors (Lipinski definition) is 4. The molecule has 4 heteroatoms. The van der Waals surface area contributed by atoms with Crippen molar-refractivity contribution in [2.75, 3.05) is 4.90 Å². The summed E-state index contributed by atoms with van der Waals surface area (Å²) in [5.74, 6) is 0. The molecule has 43 heavy (non-hydrogen) atoms. The van der Waals surface area contributed by atoms with Crippen LogP contribution in [0.15, 0.2) is 150 Å². The average molecular weight is 569 g/mol. The van der Waals surface area contributed by atoms with Gasteiger partial charge in [0.25, 0.3) is 0 Å². The third-order valence-electron chi connectivity index (χ3n) is 8.35. The summed E-state index contributed by atoms with van der Waals surface area (Å²) in [6.45, 7) is 0. The van der Waals surface area contributed by atoms with Gasteiger partial charge in [0.1, 0.15) is 11.2 Å². The highest BCUT2D eigenvalue weighted by Crippen LogP contribution is 2.43. The summed E-state index contributed by atoms with van der Waals surface area (Å²) >= 11 is 1.83. The number of benzene rings is 6. The Kier molecular flexibility index (Phi) is 5.37. The minimum Gasteiger partial charge on any atom is -0.456 e. The Balaban J connectivity index is 1.24. The summed E-state index contributed by atoms with van der Waals surface area (Å²) in [6, 6.07) is 47.5. The molecule has 0 spiro atoms. The van der Waals surface area contributed by atoms with Gasteiger partial charge in [0.05, 0.1) is 0 Å². The van der Waals surface area contributed by atoms with Crippen molar-refractivity contribution in [3.63, 3.8) is 0 Å². The zero-order chi connectivity index (χ0) is 28.3. The van der Waals surface area contributed by atoms with Crippen LogP contribution in [0.4, 0.5) is 17.1 Å². The Morgan fingerprint density at radius 3 is 2.14 bits per heavy atom. The van der Waals surface area contributed by atoms with Gasteiger partial charge in [0.15, 0.2) is 0 Å². The second-order valence-corrected chi connectivity index (χ2v) is 11.9. The first kappa shape index (κ1) is 24.2. The lowest BCUT2D eigenvalue weighted by Crippen LogP contribution is -2.09. The van der Waals surface area contributed by atoms with Crippen molar-refractivity contribution in [2.45, 2.75) is 0 Å². The molecule has 0 unspecified atom stereocenters. The molecule has 0 aliphatic rings. The van der Waals surface area contributed by atoms with Gasteiger partial charge in [-0.3, -0.25) is 4.98 Å². The molecule has 0 aliphatic carbocycles. The van der Waals surface area contributed by atoms with Gasteiger partial charge >= 0.3 is 0 Å². The molecule has 0 fully saturated rings. The zero-order valence-corrected chi connectivity index (χ0v) is 23.9. The third kappa shape index (κ3) is 3.92. The van der Waals surface area contributed by atoms with Gasteiger partial charge in [-0.2, -0.15) is 0 Å². The van der Waals surface area contributed by atoms with E-state index in [1.54, 1.807) is 0 Å². The fourth-order valence-corrected chi connectivity index (χ4v) is 7.46. The predicted molar refractivity (Wildman–Crippen MR) is 182 cm³/mol. The number of nitrogens with zero attached hydrogens (tertiary/aromatic N) is 2. The predicted octanol–water partition coefficient (Wildman–Crippen LogP) is 11.6. The summed E-state index contributed by atoms with van der Waals surface area (Å²) in [5.41, 5.74) is 7.42. The molecule has 6 aromatic carbocycles. The van der Waals surface area contributed by atoms with Gasteiger partial charge in [-0.25, -0.2) is 0 Å².